The minimum atomic E-state index is 0.272. The first-order chi connectivity index (χ1) is 7.27. The topological polar surface area (TPSA) is 40.5 Å². The zero-order valence-electron chi connectivity index (χ0n) is 9.45. The molecule has 0 aliphatic carbocycles. The third-order valence-corrected chi connectivity index (χ3v) is 3.79. The van der Waals surface area contributed by atoms with Crippen LogP contribution in [0.25, 0.3) is 0 Å². The summed E-state index contributed by atoms with van der Waals surface area (Å²) in [4.78, 5) is 13.7. The molecule has 1 heterocycles. The van der Waals surface area contributed by atoms with Crippen LogP contribution in [0.5, 0.6) is 0 Å². The molecular weight excluding hydrogens is 210 g/mol. The number of likely N-dealkylation sites (tertiary alicyclic amines) is 1. The molecule has 1 aliphatic rings. The Labute approximate surface area is 96.2 Å². The second kappa shape index (κ2) is 7.12. The predicted molar refractivity (Wildman–Crippen MR) is 64.0 cm³/mol. The zero-order chi connectivity index (χ0) is 11.1. The number of nitrogens with zero attached hydrogens (tertiary/aromatic N) is 1. The van der Waals surface area contributed by atoms with Crippen LogP contribution < -0.4 is 0 Å². The minimum Gasteiger partial charge on any atom is -0.396 e. The van der Waals surface area contributed by atoms with Crippen LogP contribution in [0.2, 0.25) is 0 Å². The van der Waals surface area contributed by atoms with Gasteiger partial charge in [0, 0.05) is 31.9 Å². The lowest BCUT2D eigenvalue weighted by atomic mass is 9.98. The van der Waals surface area contributed by atoms with Crippen LogP contribution in [-0.2, 0) is 4.79 Å². The van der Waals surface area contributed by atoms with Crippen molar-refractivity contribution in [3.05, 3.63) is 0 Å². The summed E-state index contributed by atoms with van der Waals surface area (Å²) in [5.41, 5.74) is 0. The van der Waals surface area contributed by atoms with Crippen molar-refractivity contribution in [2.24, 2.45) is 5.92 Å². The number of carbonyl (C=O) groups is 1. The number of aliphatic hydroxyl groups is 1. The summed E-state index contributed by atoms with van der Waals surface area (Å²) in [6.45, 7) is 4.05. The van der Waals surface area contributed by atoms with Gasteiger partial charge < -0.3 is 10.0 Å². The largest absolute Gasteiger partial charge is 0.396 e. The van der Waals surface area contributed by atoms with Gasteiger partial charge in [0.15, 0.2) is 0 Å². The van der Waals surface area contributed by atoms with E-state index in [0.717, 1.165) is 37.4 Å². The number of aliphatic hydroxyl groups excluding tert-OH is 1. The van der Waals surface area contributed by atoms with E-state index < -0.39 is 0 Å². The third-order valence-electron chi connectivity index (χ3n) is 2.89. The fraction of sp³-hybridized carbons (Fsp3) is 0.909. The fourth-order valence-corrected chi connectivity index (χ4v) is 2.43. The van der Waals surface area contributed by atoms with E-state index >= 15 is 0 Å². The number of thioether (sulfide) groups is 1. The molecule has 1 aliphatic heterocycles. The maximum absolute atomic E-state index is 11.7. The molecule has 1 rings (SSSR count). The summed E-state index contributed by atoms with van der Waals surface area (Å²) in [6, 6.07) is 0. The molecule has 0 bridgehead atoms. The number of amides is 1. The van der Waals surface area contributed by atoms with E-state index in [0.29, 0.717) is 12.3 Å². The van der Waals surface area contributed by atoms with E-state index in [1.807, 2.05) is 16.7 Å². The Morgan fingerprint density at radius 2 is 2.13 bits per heavy atom. The smallest absolute Gasteiger partial charge is 0.223 e. The highest BCUT2D eigenvalue weighted by molar-refractivity contribution is 7.99. The molecule has 88 valence electrons. The highest BCUT2D eigenvalue weighted by Crippen LogP contribution is 2.17. The van der Waals surface area contributed by atoms with E-state index in [-0.39, 0.29) is 12.5 Å². The molecule has 1 N–H and O–H groups in total. The molecule has 1 saturated heterocycles. The number of carbonyl (C=O) groups excluding carboxylic acids is 1. The highest BCUT2D eigenvalue weighted by Gasteiger charge is 2.21. The predicted octanol–water partition coefficient (Wildman–Crippen LogP) is 1.36. The molecule has 0 aromatic heterocycles. The fourth-order valence-electron chi connectivity index (χ4n) is 1.83. The lowest BCUT2D eigenvalue weighted by Gasteiger charge is -2.31. The van der Waals surface area contributed by atoms with Crippen molar-refractivity contribution in [3.63, 3.8) is 0 Å². The van der Waals surface area contributed by atoms with Crippen LogP contribution in [0.3, 0.4) is 0 Å². The molecule has 15 heavy (non-hydrogen) atoms. The van der Waals surface area contributed by atoms with Gasteiger partial charge in [0.1, 0.15) is 0 Å². The Hall–Kier alpha value is -0.220. The van der Waals surface area contributed by atoms with Gasteiger partial charge in [-0.1, -0.05) is 6.92 Å². The summed E-state index contributed by atoms with van der Waals surface area (Å²) in [7, 11) is 0. The van der Waals surface area contributed by atoms with Crippen molar-refractivity contribution in [3.8, 4) is 0 Å². The third kappa shape index (κ3) is 4.43. The van der Waals surface area contributed by atoms with Gasteiger partial charge in [-0.2, -0.15) is 11.8 Å². The molecule has 0 aromatic carbocycles. The standard InChI is InChI=1S/C11H21NO2S/c1-2-15-8-5-11(14)12-6-3-10(9-13)4-7-12/h10,13H,2-9H2,1H3. The van der Waals surface area contributed by atoms with Crippen molar-refractivity contribution < 1.29 is 9.90 Å². The van der Waals surface area contributed by atoms with E-state index in [2.05, 4.69) is 6.92 Å². The summed E-state index contributed by atoms with van der Waals surface area (Å²) >= 11 is 1.82. The van der Waals surface area contributed by atoms with E-state index in [1.165, 1.54) is 0 Å². The van der Waals surface area contributed by atoms with Crippen molar-refractivity contribution in [2.75, 3.05) is 31.2 Å². The van der Waals surface area contributed by atoms with Gasteiger partial charge in [-0.15, -0.1) is 0 Å². The van der Waals surface area contributed by atoms with Gasteiger partial charge in [-0.05, 0) is 24.5 Å². The first-order valence-electron chi connectivity index (χ1n) is 5.74. The summed E-state index contributed by atoms with van der Waals surface area (Å²) in [6.07, 6.45) is 2.59. The molecule has 4 heteroatoms. The molecular formula is C11H21NO2S. The molecule has 0 saturated carbocycles. The monoisotopic (exact) mass is 231 g/mol. The second-order valence-electron chi connectivity index (χ2n) is 3.95. The maximum atomic E-state index is 11.7. The second-order valence-corrected chi connectivity index (χ2v) is 5.35. The number of rotatable bonds is 5. The van der Waals surface area contributed by atoms with Gasteiger partial charge in [0.05, 0.1) is 0 Å². The summed E-state index contributed by atoms with van der Waals surface area (Å²) in [5.74, 6) is 2.72. The normalized spacial score (nSPS) is 18.1. The van der Waals surface area contributed by atoms with Gasteiger partial charge in [0.2, 0.25) is 5.91 Å². The molecule has 0 atom stereocenters. The van der Waals surface area contributed by atoms with Crippen molar-refractivity contribution in [1.29, 1.82) is 0 Å². The van der Waals surface area contributed by atoms with Crippen LogP contribution in [0, 0.1) is 5.92 Å². The van der Waals surface area contributed by atoms with Gasteiger partial charge in [0.25, 0.3) is 0 Å². The molecule has 1 amide bonds. The average Bonchev–Trinajstić information content (AvgIpc) is 2.29. The molecule has 0 radical (unpaired) electrons. The molecule has 0 spiro atoms. The average molecular weight is 231 g/mol. The molecule has 0 unspecified atom stereocenters. The zero-order valence-corrected chi connectivity index (χ0v) is 10.3. The summed E-state index contributed by atoms with van der Waals surface area (Å²) in [5, 5.41) is 8.98. The van der Waals surface area contributed by atoms with E-state index in [9.17, 15) is 4.79 Å². The van der Waals surface area contributed by atoms with Crippen molar-refractivity contribution in [1.82, 2.24) is 4.90 Å². The van der Waals surface area contributed by atoms with E-state index in [4.69, 9.17) is 5.11 Å². The molecule has 0 aromatic rings. The van der Waals surface area contributed by atoms with Crippen molar-refractivity contribution in [2.45, 2.75) is 26.2 Å². The maximum Gasteiger partial charge on any atom is 0.223 e. The Kier molecular flexibility index (Phi) is 6.10. The number of hydrogen-bond acceptors (Lipinski definition) is 3. The van der Waals surface area contributed by atoms with Crippen LogP contribution >= 0.6 is 11.8 Å². The molecule has 3 nitrogen and oxygen atoms in total. The Balaban J connectivity index is 2.18. The SMILES string of the molecule is CCSCCC(=O)N1CCC(CO)CC1. The quantitative estimate of drug-likeness (QED) is 0.726. The van der Waals surface area contributed by atoms with Crippen LogP contribution in [0.1, 0.15) is 26.2 Å². The minimum absolute atomic E-state index is 0.272. The Morgan fingerprint density at radius 3 is 2.67 bits per heavy atom. The Bertz CT molecular complexity index is 191. The number of hydrogen-bond donors (Lipinski definition) is 1. The highest BCUT2D eigenvalue weighted by atomic mass is 32.2. The first-order valence-corrected chi connectivity index (χ1v) is 6.89. The van der Waals surface area contributed by atoms with Crippen LogP contribution in [0.15, 0.2) is 0 Å². The van der Waals surface area contributed by atoms with Gasteiger partial charge in [-0.25, -0.2) is 0 Å². The van der Waals surface area contributed by atoms with Crippen molar-refractivity contribution >= 4 is 17.7 Å². The lowest BCUT2D eigenvalue weighted by Crippen LogP contribution is -2.39. The van der Waals surface area contributed by atoms with Gasteiger partial charge in [-0.3, -0.25) is 4.79 Å². The summed E-state index contributed by atoms with van der Waals surface area (Å²) < 4.78 is 0. The first kappa shape index (κ1) is 12.8. The Morgan fingerprint density at radius 1 is 1.47 bits per heavy atom. The molecule has 1 fully saturated rings. The van der Waals surface area contributed by atoms with Crippen LogP contribution in [0.4, 0.5) is 0 Å². The lowest BCUT2D eigenvalue weighted by molar-refractivity contribution is -0.132. The van der Waals surface area contributed by atoms with Gasteiger partial charge >= 0.3 is 0 Å². The number of piperidine rings is 1. The van der Waals surface area contributed by atoms with Crippen LogP contribution in [-0.4, -0.2) is 47.1 Å². The van der Waals surface area contributed by atoms with E-state index in [1.54, 1.807) is 0 Å².